The molecule has 234 valence electrons. The summed E-state index contributed by atoms with van der Waals surface area (Å²) in [7, 11) is 0. The Balaban J connectivity index is 1.29. The van der Waals surface area contributed by atoms with E-state index >= 15 is 0 Å². The zero-order valence-electron chi connectivity index (χ0n) is 27.7. The summed E-state index contributed by atoms with van der Waals surface area (Å²) < 4.78 is 6.75. The maximum Gasteiger partial charge on any atom is 0.182 e. The van der Waals surface area contributed by atoms with E-state index in [1.165, 1.54) is 38.9 Å². The fourth-order valence-corrected chi connectivity index (χ4v) is 8.31. The summed E-state index contributed by atoms with van der Waals surface area (Å²) >= 11 is 0. The number of furan rings is 1. The van der Waals surface area contributed by atoms with Crippen LogP contribution in [0.25, 0.3) is 78.5 Å². The SMILES string of the molecule is CC1(C)c2ccccc2-c2ccc(-c3nc(-c4ccccn4)nc(-c4c5c(cc6c4oc4ccccc46)C(C)(C)c4ccccc4-5)n3)cc21. The van der Waals surface area contributed by atoms with Gasteiger partial charge in [-0.05, 0) is 69.3 Å². The molecule has 0 amide bonds. The van der Waals surface area contributed by atoms with Crippen molar-refractivity contribution in [1.82, 2.24) is 19.9 Å². The van der Waals surface area contributed by atoms with Gasteiger partial charge >= 0.3 is 0 Å². The standard InChI is InChI=1S/C44H32N4O/c1-43(2)31-16-8-5-13-26(31)27-21-20-25(23-33(27)43)40-46-41(35-18-11-12-22-45-35)48-42(47-40)38-37-29-15-6-9-17-32(29)44(3,4)34(37)24-30-28-14-7-10-19-36(28)49-39(30)38/h5-24H,1-4H3. The number of nitrogens with zero attached hydrogens (tertiary/aromatic N) is 4. The van der Waals surface area contributed by atoms with Gasteiger partial charge in [-0.15, -0.1) is 0 Å². The maximum absolute atomic E-state index is 6.75. The molecule has 2 aliphatic carbocycles. The van der Waals surface area contributed by atoms with Crippen molar-refractivity contribution in [3.05, 3.63) is 144 Å². The summed E-state index contributed by atoms with van der Waals surface area (Å²) in [5, 5.41) is 2.14. The smallest absolute Gasteiger partial charge is 0.182 e. The Morgan fingerprint density at radius 1 is 0.490 bits per heavy atom. The number of aromatic nitrogens is 4. The van der Waals surface area contributed by atoms with Crippen LogP contribution in [0.5, 0.6) is 0 Å². The van der Waals surface area contributed by atoms with Crippen molar-refractivity contribution in [3.63, 3.8) is 0 Å². The molecule has 0 N–H and O–H groups in total. The van der Waals surface area contributed by atoms with Crippen LogP contribution in [-0.4, -0.2) is 19.9 Å². The number of para-hydroxylation sites is 1. The summed E-state index contributed by atoms with van der Waals surface area (Å²) in [6.07, 6.45) is 1.78. The molecule has 0 saturated heterocycles. The van der Waals surface area contributed by atoms with Gasteiger partial charge in [0, 0.05) is 38.9 Å². The first-order valence-electron chi connectivity index (χ1n) is 16.8. The van der Waals surface area contributed by atoms with Gasteiger partial charge < -0.3 is 4.42 Å². The van der Waals surface area contributed by atoms with Crippen molar-refractivity contribution in [1.29, 1.82) is 0 Å². The van der Waals surface area contributed by atoms with Crippen LogP contribution >= 0.6 is 0 Å². The van der Waals surface area contributed by atoms with Gasteiger partial charge in [-0.25, -0.2) is 15.0 Å². The minimum Gasteiger partial charge on any atom is -0.455 e. The van der Waals surface area contributed by atoms with Crippen LogP contribution < -0.4 is 0 Å². The minimum absolute atomic E-state index is 0.155. The first-order chi connectivity index (χ1) is 23.8. The molecule has 0 saturated carbocycles. The molecule has 0 unspecified atom stereocenters. The van der Waals surface area contributed by atoms with E-state index in [9.17, 15) is 0 Å². The lowest BCUT2D eigenvalue weighted by molar-refractivity contribution is 0.658. The Kier molecular flexibility index (Phi) is 5.62. The highest BCUT2D eigenvalue weighted by Crippen LogP contribution is 2.55. The molecular formula is C44H32N4O. The first-order valence-corrected chi connectivity index (χ1v) is 16.8. The second-order valence-corrected chi connectivity index (χ2v) is 14.3. The van der Waals surface area contributed by atoms with Gasteiger partial charge in [0.1, 0.15) is 16.9 Å². The summed E-state index contributed by atoms with van der Waals surface area (Å²) in [6, 6.07) is 40.4. The van der Waals surface area contributed by atoms with Crippen molar-refractivity contribution < 1.29 is 4.42 Å². The lowest BCUT2D eigenvalue weighted by Crippen LogP contribution is -2.15. The summed E-state index contributed by atoms with van der Waals surface area (Å²) in [5.74, 6) is 1.70. The van der Waals surface area contributed by atoms with Gasteiger partial charge in [-0.1, -0.05) is 113 Å². The van der Waals surface area contributed by atoms with Gasteiger partial charge in [0.15, 0.2) is 17.5 Å². The molecule has 3 aromatic heterocycles. The van der Waals surface area contributed by atoms with Crippen LogP contribution in [0.4, 0.5) is 0 Å². The molecular weight excluding hydrogens is 601 g/mol. The number of hydrogen-bond acceptors (Lipinski definition) is 5. The summed E-state index contributed by atoms with van der Waals surface area (Å²) in [4.78, 5) is 20.3. The van der Waals surface area contributed by atoms with Gasteiger partial charge in [-0.3, -0.25) is 4.98 Å². The van der Waals surface area contributed by atoms with Crippen molar-refractivity contribution in [2.24, 2.45) is 0 Å². The van der Waals surface area contributed by atoms with Crippen molar-refractivity contribution >= 4 is 21.9 Å². The molecule has 5 nitrogen and oxygen atoms in total. The minimum atomic E-state index is -0.229. The highest BCUT2D eigenvalue weighted by Gasteiger charge is 2.40. The Morgan fingerprint density at radius 3 is 1.96 bits per heavy atom. The number of hydrogen-bond donors (Lipinski definition) is 0. The first kappa shape index (κ1) is 28.1. The number of pyridine rings is 1. The van der Waals surface area contributed by atoms with Gasteiger partial charge in [-0.2, -0.15) is 0 Å². The summed E-state index contributed by atoms with van der Waals surface area (Å²) in [5.41, 5.74) is 13.7. The van der Waals surface area contributed by atoms with E-state index < -0.39 is 0 Å². The molecule has 8 aromatic rings. The molecule has 0 fully saturated rings. The van der Waals surface area contributed by atoms with E-state index in [-0.39, 0.29) is 10.8 Å². The van der Waals surface area contributed by atoms with Crippen LogP contribution in [0, 0.1) is 0 Å². The monoisotopic (exact) mass is 632 g/mol. The van der Waals surface area contributed by atoms with Crippen molar-refractivity contribution in [2.45, 2.75) is 38.5 Å². The molecule has 5 heteroatoms. The highest BCUT2D eigenvalue weighted by molar-refractivity contribution is 6.14. The average molecular weight is 633 g/mol. The molecule has 0 spiro atoms. The lowest BCUT2D eigenvalue weighted by atomic mass is 9.81. The number of rotatable bonds is 3. The van der Waals surface area contributed by atoms with Crippen LogP contribution in [0.2, 0.25) is 0 Å². The topological polar surface area (TPSA) is 64.7 Å². The third kappa shape index (κ3) is 3.87. The highest BCUT2D eigenvalue weighted by atomic mass is 16.3. The molecule has 49 heavy (non-hydrogen) atoms. The normalized spacial score (nSPS) is 14.9. The fourth-order valence-electron chi connectivity index (χ4n) is 8.31. The van der Waals surface area contributed by atoms with Gasteiger partial charge in [0.05, 0.1) is 5.56 Å². The maximum atomic E-state index is 6.75. The van der Waals surface area contributed by atoms with E-state index in [0.717, 1.165) is 38.6 Å². The van der Waals surface area contributed by atoms with Crippen LogP contribution in [0.15, 0.2) is 126 Å². The van der Waals surface area contributed by atoms with Crippen molar-refractivity contribution in [2.75, 3.05) is 0 Å². The molecule has 0 atom stereocenters. The largest absolute Gasteiger partial charge is 0.455 e. The zero-order valence-corrected chi connectivity index (χ0v) is 27.7. The van der Waals surface area contributed by atoms with Gasteiger partial charge in [0.2, 0.25) is 0 Å². The quantitative estimate of drug-likeness (QED) is 0.194. The summed E-state index contributed by atoms with van der Waals surface area (Å²) in [6.45, 7) is 9.20. The van der Waals surface area contributed by atoms with E-state index in [1.807, 2.05) is 30.3 Å². The van der Waals surface area contributed by atoms with Crippen LogP contribution in [0.3, 0.4) is 0 Å². The van der Waals surface area contributed by atoms with Crippen molar-refractivity contribution in [3.8, 4) is 56.5 Å². The van der Waals surface area contributed by atoms with Crippen LogP contribution in [0.1, 0.15) is 49.9 Å². The Bertz CT molecular complexity index is 2670. The Morgan fingerprint density at radius 2 is 1.14 bits per heavy atom. The molecule has 5 aromatic carbocycles. The van der Waals surface area contributed by atoms with Crippen LogP contribution in [-0.2, 0) is 10.8 Å². The molecule has 10 rings (SSSR count). The third-order valence-corrected chi connectivity index (χ3v) is 10.8. The predicted octanol–water partition coefficient (Wildman–Crippen LogP) is 10.8. The molecule has 2 aliphatic rings. The number of benzene rings is 5. The average Bonchev–Trinajstić information content (AvgIpc) is 3.70. The van der Waals surface area contributed by atoms with E-state index in [2.05, 4.69) is 118 Å². The Labute approximate surface area is 284 Å². The van der Waals surface area contributed by atoms with E-state index in [1.54, 1.807) is 6.20 Å². The predicted molar refractivity (Wildman–Crippen MR) is 196 cm³/mol. The second kappa shape index (κ2) is 9.80. The number of fused-ring (bicyclic) bond motifs is 9. The van der Waals surface area contributed by atoms with E-state index in [4.69, 9.17) is 19.4 Å². The zero-order chi connectivity index (χ0) is 33.1. The molecule has 3 heterocycles. The lowest BCUT2D eigenvalue weighted by Gasteiger charge is -2.22. The van der Waals surface area contributed by atoms with Gasteiger partial charge in [0.25, 0.3) is 0 Å². The molecule has 0 aliphatic heterocycles. The molecule has 0 bridgehead atoms. The third-order valence-electron chi connectivity index (χ3n) is 10.8. The molecule has 0 radical (unpaired) electrons. The Hall–Kier alpha value is -5.94. The fraction of sp³-hybridized carbons (Fsp3) is 0.136. The van der Waals surface area contributed by atoms with E-state index in [0.29, 0.717) is 23.2 Å². The second-order valence-electron chi connectivity index (χ2n) is 14.3.